The van der Waals surface area contributed by atoms with Crippen LogP contribution in [0.3, 0.4) is 0 Å². The van der Waals surface area contributed by atoms with E-state index in [1.165, 1.54) is 29.9 Å². The number of hydrogen-bond acceptors (Lipinski definition) is 4. The second-order valence-electron chi connectivity index (χ2n) is 5.73. The molecule has 2 aromatic rings. The number of nitrogens with one attached hydrogen (secondary N) is 1. The third kappa shape index (κ3) is 2.05. The fraction of sp³-hybridized carbons (Fsp3) is 0.312. The molecule has 2 aliphatic carbocycles. The summed E-state index contributed by atoms with van der Waals surface area (Å²) in [5, 5.41) is 12.0. The van der Waals surface area contributed by atoms with E-state index in [0.717, 1.165) is 12.5 Å². The molecular formula is C16H15N3O2. The zero-order valence-corrected chi connectivity index (χ0v) is 11.4. The maximum absolute atomic E-state index is 10.7. The van der Waals surface area contributed by atoms with E-state index in [4.69, 9.17) is 5.11 Å². The Labute approximate surface area is 122 Å². The number of aromatic carboxylic acids is 1. The summed E-state index contributed by atoms with van der Waals surface area (Å²) in [5.74, 6) is 1.67. The highest BCUT2D eigenvalue weighted by molar-refractivity contribution is 5.84. The summed E-state index contributed by atoms with van der Waals surface area (Å²) in [4.78, 5) is 18.7. The van der Waals surface area contributed by atoms with Crippen LogP contribution in [0.4, 0.5) is 5.82 Å². The molecule has 5 heteroatoms. The number of anilines is 1. The molecule has 1 aromatic carbocycles. The molecule has 1 aromatic heterocycles. The molecule has 106 valence electrons. The van der Waals surface area contributed by atoms with Gasteiger partial charge in [0.2, 0.25) is 0 Å². The molecule has 0 radical (unpaired) electrons. The summed E-state index contributed by atoms with van der Waals surface area (Å²) in [5.41, 5.74) is 2.97. The minimum Gasteiger partial charge on any atom is -0.476 e. The van der Waals surface area contributed by atoms with Crippen LogP contribution in [-0.2, 0) is 6.42 Å². The number of rotatable bonds is 4. The second-order valence-corrected chi connectivity index (χ2v) is 5.73. The van der Waals surface area contributed by atoms with Crippen LogP contribution in [0.5, 0.6) is 0 Å². The SMILES string of the molecule is O=C(O)c1cnc(NCC2C3Cc4ccccc4C23)cn1. The summed E-state index contributed by atoms with van der Waals surface area (Å²) in [7, 11) is 0. The van der Waals surface area contributed by atoms with Gasteiger partial charge in [0.25, 0.3) is 0 Å². The maximum atomic E-state index is 10.7. The average Bonchev–Trinajstić information content (AvgIpc) is 3.04. The topological polar surface area (TPSA) is 75.1 Å². The molecule has 1 saturated carbocycles. The number of carbonyl (C=O) groups is 1. The molecule has 2 N–H and O–H groups in total. The fourth-order valence-electron chi connectivity index (χ4n) is 3.51. The van der Waals surface area contributed by atoms with E-state index in [-0.39, 0.29) is 5.69 Å². The molecule has 1 heterocycles. The number of hydrogen-bond donors (Lipinski definition) is 2. The second kappa shape index (κ2) is 4.55. The monoisotopic (exact) mass is 281 g/mol. The molecule has 4 rings (SSSR count). The highest BCUT2D eigenvalue weighted by Gasteiger charge is 2.54. The number of nitrogens with zero attached hydrogens (tertiary/aromatic N) is 2. The van der Waals surface area contributed by atoms with Crippen molar-refractivity contribution in [3.8, 4) is 0 Å². The predicted molar refractivity (Wildman–Crippen MR) is 77.3 cm³/mol. The molecule has 1 fully saturated rings. The van der Waals surface area contributed by atoms with Gasteiger partial charge in [-0.25, -0.2) is 14.8 Å². The van der Waals surface area contributed by atoms with Crippen molar-refractivity contribution in [1.82, 2.24) is 9.97 Å². The summed E-state index contributed by atoms with van der Waals surface area (Å²) in [6, 6.07) is 8.68. The zero-order valence-electron chi connectivity index (χ0n) is 11.4. The van der Waals surface area contributed by atoms with Crippen LogP contribution in [0.25, 0.3) is 0 Å². The third-order valence-corrected chi connectivity index (χ3v) is 4.59. The van der Waals surface area contributed by atoms with Gasteiger partial charge in [-0.05, 0) is 35.3 Å². The van der Waals surface area contributed by atoms with Crippen molar-refractivity contribution in [2.75, 3.05) is 11.9 Å². The molecule has 0 saturated heterocycles. The normalized spacial score (nSPS) is 25.0. The number of carboxylic acid groups (broad SMARTS) is 1. The van der Waals surface area contributed by atoms with Gasteiger partial charge in [-0.3, -0.25) is 0 Å². The fourth-order valence-corrected chi connectivity index (χ4v) is 3.51. The Morgan fingerprint density at radius 1 is 1.29 bits per heavy atom. The Bertz CT molecular complexity index is 699. The van der Waals surface area contributed by atoms with E-state index in [9.17, 15) is 4.79 Å². The largest absolute Gasteiger partial charge is 0.476 e. The van der Waals surface area contributed by atoms with Gasteiger partial charge in [0, 0.05) is 6.54 Å². The van der Waals surface area contributed by atoms with Crippen LogP contribution in [0.15, 0.2) is 36.7 Å². The smallest absolute Gasteiger partial charge is 0.356 e. The van der Waals surface area contributed by atoms with E-state index >= 15 is 0 Å². The molecule has 0 aliphatic heterocycles. The Hall–Kier alpha value is -2.43. The summed E-state index contributed by atoms with van der Waals surface area (Å²) in [6.45, 7) is 0.866. The quantitative estimate of drug-likeness (QED) is 0.898. The zero-order chi connectivity index (χ0) is 14.4. The van der Waals surface area contributed by atoms with Crippen LogP contribution in [0.1, 0.15) is 27.5 Å². The van der Waals surface area contributed by atoms with Gasteiger partial charge in [0.15, 0.2) is 5.69 Å². The van der Waals surface area contributed by atoms with Gasteiger partial charge in [-0.15, -0.1) is 0 Å². The van der Waals surface area contributed by atoms with Crippen molar-refractivity contribution in [3.05, 3.63) is 53.5 Å². The van der Waals surface area contributed by atoms with Crippen LogP contribution >= 0.6 is 0 Å². The highest BCUT2D eigenvalue weighted by atomic mass is 16.4. The molecular weight excluding hydrogens is 266 g/mol. The minimum atomic E-state index is -1.05. The number of aromatic nitrogens is 2. The molecule has 5 nitrogen and oxygen atoms in total. The van der Waals surface area contributed by atoms with Crippen molar-refractivity contribution >= 4 is 11.8 Å². The lowest BCUT2D eigenvalue weighted by molar-refractivity contribution is 0.0690. The third-order valence-electron chi connectivity index (χ3n) is 4.59. The molecule has 0 amide bonds. The van der Waals surface area contributed by atoms with Crippen molar-refractivity contribution < 1.29 is 9.90 Å². The highest BCUT2D eigenvalue weighted by Crippen LogP contribution is 2.61. The average molecular weight is 281 g/mol. The van der Waals surface area contributed by atoms with Crippen LogP contribution in [-0.4, -0.2) is 27.6 Å². The maximum Gasteiger partial charge on any atom is 0.356 e. The van der Waals surface area contributed by atoms with Crippen molar-refractivity contribution in [3.63, 3.8) is 0 Å². The van der Waals surface area contributed by atoms with Gasteiger partial charge in [-0.2, -0.15) is 0 Å². The Morgan fingerprint density at radius 3 is 2.90 bits per heavy atom. The van der Waals surface area contributed by atoms with Crippen molar-refractivity contribution in [2.24, 2.45) is 11.8 Å². The first kappa shape index (κ1) is 12.3. The van der Waals surface area contributed by atoms with Crippen LogP contribution in [0.2, 0.25) is 0 Å². The summed E-state index contributed by atoms with van der Waals surface area (Å²) >= 11 is 0. The van der Waals surface area contributed by atoms with E-state index < -0.39 is 5.97 Å². The van der Waals surface area contributed by atoms with Crippen molar-refractivity contribution in [2.45, 2.75) is 12.3 Å². The van der Waals surface area contributed by atoms with Gasteiger partial charge < -0.3 is 10.4 Å². The molecule has 21 heavy (non-hydrogen) atoms. The lowest BCUT2D eigenvalue weighted by Gasteiger charge is -2.09. The minimum absolute atomic E-state index is 0.0298. The first-order chi connectivity index (χ1) is 10.2. The molecule has 2 aliphatic rings. The Morgan fingerprint density at radius 2 is 2.14 bits per heavy atom. The van der Waals surface area contributed by atoms with E-state index in [1.807, 2.05) is 0 Å². The molecule has 3 atom stereocenters. The molecule has 0 spiro atoms. The molecule has 0 bridgehead atoms. The number of benzene rings is 1. The Balaban J connectivity index is 1.38. The lowest BCUT2D eigenvalue weighted by Crippen LogP contribution is -2.10. The van der Waals surface area contributed by atoms with E-state index in [2.05, 4.69) is 39.6 Å². The van der Waals surface area contributed by atoms with E-state index in [1.54, 1.807) is 0 Å². The van der Waals surface area contributed by atoms with Crippen LogP contribution < -0.4 is 5.32 Å². The van der Waals surface area contributed by atoms with Gasteiger partial charge >= 0.3 is 5.97 Å². The Kier molecular flexibility index (Phi) is 2.67. The molecule has 3 unspecified atom stereocenters. The first-order valence-electron chi connectivity index (χ1n) is 7.11. The standard InChI is InChI=1S/C16H15N3O2/c20-16(21)13-7-19-14(8-17-13)18-6-12-11-5-9-3-1-2-4-10(9)15(11)12/h1-4,7-8,11-12,15H,5-6H2,(H,18,19)(H,20,21). The first-order valence-corrected chi connectivity index (χ1v) is 7.11. The number of carboxylic acids is 1. The van der Waals surface area contributed by atoms with Gasteiger partial charge in [0.1, 0.15) is 5.82 Å². The van der Waals surface area contributed by atoms with Crippen LogP contribution in [0, 0.1) is 11.8 Å². The van der Waals surface area contributed by atoms with Gasteiger partial charge in [-0.1, -0.05) is 24.3 Å². The van der Waals surface area contributed by atoms with Crippen molar-refractivity contribution in [1.29, 1.82) is 0 Å². The van der Waals surface area contributed by atoms with Gasteiger partial charge in [0.05, 0.1) is 12.4 Å². The summed E-state index contributed by atoms with van der Waals surface area (Å²) in [6.07, 6.45) is 3.94. The predicted octanol–water partition coefficient (Wildman–Crippen LogP) is 2.17. The number of fused-ring (bicyclic) bond motifs is 3. The summed E-state index contributed by atoms with van der Waals surface area (Å²) < 4.78 is 0. The lowest BCUT2D eigenvalue weighted by atomic mass is 10.0. The van der Waals surface area contributed by atoms with E-state index in [0.29, 0.717) is 17.7 Å².